The summed E-state index contributed by atoms with van der Waals surface area (Å²) in [7, 11) is 0. The Morgan fingerprint density at radius 3 is 2.17 bits per heavy atom. The van der Waals surface area contributed by atoms with Gasteiger partial charge in [-0.3, -0.25) is 4.79 Å². The number of aliphatic hydroxyl groups is 1. The highest BCUT2D eigenvalue weighted by molar-refractivity contribution is 5.62. The normalized spacial score (nSPS) is 11.3. The first-order valence-electron chi connectivity index (χ1n) is 3.99. The Balaban J connectivity index is 0. The molecule has 4 nitrogen and oxygen atoms in total. The summed E-state index contributed by atoms with van der Waals surface area (Å²) in [6.45, 7) is 6.11. The van der Waals surface area contributed by atoms with Crippen LogP contribution in [0.5, 0.6) is 0 Å². The highest BCUT2D eigenvalue weighted by atomic mass is 16.5. The molecule has 2 N–H and O–H groups in total. The third kappa shape index (κ3) is 22.8. The predicted molar refractivity (Wildman–Crippen MR) is 46.1 cm³/mol. The Morgan fingerprint density at radius 1 is 1.50 bits per heavy atom. The molecule has 0 aromatic carbocycles. The van der Waals surface area contributed by atoms with Gasteiger partial charge < -0.3 is 14.9 Å². The third-order valence-corrected chi connectivity index (χ3v) is 0.986. The quantitative estimate of drug-likeness (QED) is 0.670. The van der Waals surface area contributed by atoms with Crippen molar-refractivity contribution in [2.24, 2.45) is 0 Å². The van der Waals surface area contributed by atoms with Crippen molar-refractivity contribution >= 4 is 5.97 Å². The van der Waals surface area contributed by atoms with Gasteiger partial charge in [0, 0.05) is 13.5 Å². The molecule has 0 aromatic heterocycles. The standard InChI is InChI=1S/C6H14O2.C2H4O2/c1-3-6(7)5-8-4-2;1-2(3)4/h6-7H,3-5H2,1-2H3;1H3,(H,3,4). The van der Waals surface area contributed by atoms with Gasteiger partial charge in [-0.25, -0.2) is 0 Å². The van der Waals surface area contributed by atoms with Crippen LogP contribution in [0.25, 0.3) is 0 Å². The summed E-state index contributed by atoms with van der Waals surface area (Å²) in [5, 5.41) is 16.3. The van der Waals surface area contributed by atoms with E-state index < -0.39 is 5.97 Å². The lowest BCUT2D eigenvalue weighted by Crippen LogP contribution is -2.13. The molecule has 0 spiro atoms. The fraction of sp³-hybridized carbons (Fsp3) is 0.875. The summed E-state index contributed by atoms with van der Waals surface area (Å²) in [6.07, 6.45) is 0.509. The van der Waals surface area contributed by atoms with E-state index in [1.807, 2.05) is 13.8 Å². The van der Waals surface area contributed by atoms with E-state index in [1.54, 1.807) is 0 Å². The van der Waals surface area contributed by atoms with Gasteiger partial charge >= 0.3 is 0 Å². The number of carboxylic acids is 1. The molecule has 0 aromatic rings. The van der Waals surface area contributed by atoms with Crippen molar-refractivity contribution in [1.82, 2.24) is 0 Å². The van der Waals surface area contributed by atoms with E-state index >= 15 is 0 Å². The van der Waals surface area contributed by atoms with Gasteiger partial charge in [0.2, 0.25) is 0 Å². The number of carboxylic acid groups (broad SMARTS) is 1. The van der Waals surface area contributed by atoms with Crippen LogP contribution in [0.1, 0.15) is 27.2 Å². The van der Waals surface area contributed by atoms with Gasteiger partial charge in [-0.05, 0) is 13.3 Å². The van der Waals surface area contributed by atoms with Crippen molar-refractivity contribution in [3.63, 3.8) is 0 Å². The Kier molecular flexibility index (Phi) is 12.1. The molecule has 0 saturated heterocycles. The summed E-state index contributed by atoms with van der Waals surface area (Å²) in [4.78, 5) is 9.00. The molecule has 0 saturated carbocycles. The number of aliphatic hydroxyl groups excluding tert-OH is 1. The zero-order chi connectivity index (χ0) is 9.98. The molecule has 0 aliphatic carbocycles. The Morgan fingerprint density at radius 2 is 1.92 bits per heavy atom. The molecule has 4 heteroatoms. The number of hydrogen-bond acceptors (Lipinski definition) is 3. The monoisotopic (exact) mass is 178 g/mol. The van der Waals surface area contributed by atoms with Crippen molar-refractivity contribution in [3.05, 3.63) is 0 Å². The minimum absolute atomic E-state index is 0.269. The molecule has 0 amide bonds. The first-order valence-corrected chi connectivity index (χ1v) is 3.99. The van der Waals surface area contributed by atoms with Crippen LogP contribution in [0.15, 0.2) is 0 Å². The van der Waals surface area contributed by atoms with Gasteiger partial charge in [0.25, 0.3) is 5.97 Å². The Labute approximate surface area is 73.2 Å². The van der Waals surface area contributed by atoms with E-state index in [0.29, 0.717) is 13.2 Å². The lowest BCUT2D eigenvalue weighted by atomic mass is 10.3. The van der Waals surface area contributed by atoms with Crippen molar-refractivity contribution in [1.29, 1.82) is 0 Å². The molecular formula is C8H18O4. The predicted octanol–water partition coefficient (Wildman–Crippen LogP) is 0.885. The number of ether oxygens (including phenoxy) is 1. The molecule has 0 aliphatic heterocycles. The van der Waals surface area contributed by atoms with Gasteiger partial charge in [-0.1, -0.05) is 6.92 Å². The third-order valence-electron chi connectivity index (χ3n) is 0.986. The van der Waals surface area contributed by atoms with Crippen LogP contribution in [-0.2, 0) is 9.53 Å². The van der Waals surface area contributed by atoms with E-state index in [0.717, 1.165) is 13.3 Å². The first-order chi connectivity index (χ1) is 5.54. The van der Waals surface area contributed by atoms with Crippen LogP contribution in [0, 0.1) is 0 Å². The summed E-state index contributed by atoms with van der Waals surface area (Å²) < 4.78 is 4.94. The minimum atomic E-state index is -0.833. The highest BCUT2D eigenvalue weighted by Crippen LogP contribution is 1.89. The molecule has 0 radical (unpaired) electrons. The average molecular weight is 178 g/mol. The molecule has 1 unspecified atom stereocenters. The van der Waals surface area contributed by atoms with Crippen molar-refractivity contribution in [2.75, 3.05) is 13.2 Å². The van der Waals surface area contributed by atoms with Crippen molar-refractivity contribution < 1.29 is 19.7 Å². The van der Waals surface area contributed by atoms with Crippen LogP contribution in [0.3, 0.4) is 0 Å². The lowest BCUT2D eigenvalue weighted by molar-refractivity contribution is -0.134. The smallest absolute Gasteiger partial charge is 0.300 e. The van der Waals surface area contributed by atoms with Crippen LogP contribution >= 0.6 is 0 Å². The number of aliphatic carboxylic acids is 1. The molecule has 74 valence electrons. The maximum Gasteiger partial charge on any atom is 0.300 e. The Bertz CT molecular complexity index is 99.2. The molecule has 0 heterocycles. The molecule has 0 rings (SSSR count). The molecule has 12 heavy (non-hydrogen) atoms. The average Bonchev–Trinajstić information content (AvgIpc) is 1.99. The molecule has 1 atom stereocenters. The molecule has 0 bridgehead atoms. The fourth-order valence-corrected chi connectivity index (χ4v) is 0.372. The van der Waals surface area contributed by atoms with Crippen molar-refractivity contribution in [2.45, 2.75) is 33.3 Å². The maximum absolute atomic E-state index is 9.00. The molecule has 0 aliphatic rings. The van der Waals surface area contributed by atoms with Crippen molar-refractivity contribution in [3.8, 4) is 0 Å². The number of carbonyl (C=O) groups is 1. The Hall–Kier alpha value is -0.610. The molecular weight excluding hydrogens is 160 g/mol. The number of hydrogen-bond donors (Lipinski definition) is 2. The zero-order valence-electron chi connectivity index (χ0n) is 7.91. The largest absolute Gasteiger partial charge is 0.481 e. The second kappa shape index (κ2) is 10.4. The van der Waals surface area contributed by atoms with Crippen LogP contribution in [-0.4, -0.2) is 35.5 Å². The number of rotatable bonds is 4. The van der Waals surface area contributed by atoms with Crippen LogP contribution in [0.4, 0.5) is 0 Å². The SMILES string of the molecule is CC(=O)O.CCOCC(O)CC. The van der Waals surface area contributed by atoms with Gasteiger partial charge in [0.1, 0.15) is 0 Å². The van der Waals surface area contributed by atoms with E-state index in [4.69, 9.17) is 19.7 Å². The zero-order valence-corrected chi connectivity index (χ0v) is 7.91. The molecule has 0 fully saturated rings. The minimum Gasteiger partial charge on any atom is -0.481 e. The van der Waals surface area contributed by atoms with Crippen LogP contribution in [0.2, 0.25) is 0 Å². The summed E-state index contributed by atoms with van der Waals surface area (Å²) in [5.74, 6) is -0.833. The van der Waals surface area contributed by atoms with Crippen LogP contribution < -0.4 is 0 Å². The summed E-state index contributed by atoms with van der Waals surface area (Å²) in [6, 6.07) is 0. The van der Waals surface area contributed by atoms with Gasteiger partial charge in [0.05, 0.1) is 12.7 Å². The first kappa shape index (κ1) is 13.9. The second-order valence-electron chi connectivity index (χ2n) is 2.24. The lowest BCUT2D eigenvalue weighted by Gasteiger charge is -2.05. The van der Waals surface area contributed by atoms with Gasteiger partial charge in [-0.2, -0.15) is 0 Å². The van der Waals surface area contributed by atoms with E-state index in [2.05, 4.69) is 0 Å². The highest BCUT2D eigenvalue weighted by Gasteiger charge is 1.96. The van der Waals surface area contributed by atoms with E-state index in [-0.39, 0.29) is 6.10 Å². The fourth-order valence-electron chi connectivity index (χ4n) is 0.372. The van der Waals surface area contributed by atoms with E-state index in [9.17, 15) is 0 Å². The van der Waals surface area contributed by atoms with Gasteiger partial charge in [-0.15, -0.1) is 0 Å². The van der Waals surface area contributed by atoms with Gasteiger partial charge in [0.15, 0.2) is 0 Å². The summed E-state index contributed by atoms with van der Waals surface area (Å²) >= 11 is 0. The summed E-state index contributed by atoms with van der Waals surface area (Å²) in [5.41, 5.74) is 0. The van der Waals surface area contributed by atoms with E-state index in [1.165, 1.54) is 0 Å². The topological polar surface area (TPSA) is 66.8 Å². The second-order valence-corrected chi connectivity index (χ2v) is 2.24. The maximum atomic E-state index is 9.00.